The first-order valence-corrected chi connectivity index (χ1v) is 12.0. The maximum atomic E-state index is 14.3. The largest absolute Gasteiger partial charge is 0.497 e. The predicted octanol–water partition coefficient (Wildman–Crippen LogP) is 7.79. The van der Waals surface area contributed by atoms with Crippen molar-refractivity contribution in [2.24, 2.45) is 0 Å². The Morgan fingerprint density at radius 2 is 1.37 bits per heavy atom. The van der Waals surface area contributed by atoms with Crippen LogP contribution in [0.2, 0.25) is 0 Å². The Labute approximate surface area is 219 Å². The van der Waals surface area contributed by atoms with Gasteiger partial charge in [0.1, 0.15) is 28.9 Å². The molecule has 0 saturated carbocycles. The summed E-state index contributed by atoms with van der Waals surface area (Å²) in [5, 5.41) is 9.68. The Bertz CT molecular complexity index is 1530. The fourth-order valence-corrected chi connectivity index (χ4v) is 4.59. The van der Waals surface area contributed by atoms with Crippen LogP contribution < -0.4 is 9.47 Å². The van der Waals surface area contributed by atoms with Gasteiger partial charge in [-0.15, -0.1) is 0 Å². The summed E-state index contributed by atoms with van der Waals surface area (Å²) in [6.45, 7) is 0. The Hall–Kier alpha value is -4.71. The van der Waals surface area contributed by atoms with E-state index in [0.717, 1.165) is 33.6 Å². The van der Waals surface area contributed by atoms with Crippen LogP contribution in [0.3, 0.4) is 0 Å². The van der Waals surface area contributed by atoms with Gasteiger partial charge in [0.15, 0.2) is 0 Å². The summed E-state index contributed by atoms with van der Waals surface area (Å²) in [6.07, 6.45) is 2.21. The molecule has 0 heterocycles. The van der Waals surface area contributed by atoms with E-state index in [4.69, 9.17) is 9.47 Å². The van der Waals surface area contributed by atoms with E-state index < -0.39 is 11.8 Å². The van der Waals surface area contributed by atoms with Crippen molar-refractivity contribution in [1.82, 2.24) is 0 Å². The zero-order valence-corrected chi connectivity index (χ0v) is 20.6. The molecule has 38 heavy (non-hydrogen) atoms. The minimum absolute atomic E-state index is 0.225. The molecule has 0 bridgehead atoms. The molecular formula is C32H24F2O4. The van der Waals surface area contributed by atoms with Gasteiger partial charge in [0, 0.05) is 0 Å². The van der Waals surface area contributed by atoms with Crippen LogP contribution in [0.25, 0.3) is 17.2 Å². The summed E-state index contributed by atoms with van der Waals surface area (Å²) in [5.74, 6) is 0.0929. The van der Waals surface area contributed by atoms with Crippen molar-refractivity contribution in [2.45, 2.75) is 12.8 Å². The van der Waals surface area contributed by atoms with Gasteiger partial charge in [-0.05, 0) is 112 Å². The number of benzene rings is 4. The van der Waals surface area contributed by atoms with Gasteiger partial charge in [-0.1, -0.05) is 30.3 Å². The molecule has 1 aliphatic carbocycles. The number of hydrogen-bond donors (Lipinski definition) is 1. The van der Waals surface area contributed by atoms with Gasteiger partial charge in [-0.25, -0.2) is 8.78 Å². The zero-order chi connectivity index (χ0) is 26.6. The highest BCUT2D eigenvalue weighted by molar-refractivity contribution is 6.08. The second kappa shape index (κ2) is 10.7. The average Bonchev–Trinajstić information content (AvgIpc) is 3.17. The van der Waals surface area contributed by atoms with E-state index in [1.807, 2.05) is 54.6 Å². The molecule has 0 radical (unpaired) electrons. The Morgan fingerprint density at radius 3 is 2.00 bits per heavy atom. The Balaban J connectivity index is 1.51. The predicted molar refractivity (Wildman–Crippen MR) is 143 cm³/mol. The summed E-state index contributed by atoms with van der Waals surface area (Å²) >= 11 is 0. The maximum Gasteiger partial charge on any atom is 0.307 e. The first-order chi connectivity index (χ1) is 18.4. The number of rotatable bonds is 8. The number of methoxy groups -OCH3 is 1. The van der Waals surface area contributed by atoms with Crippen molar-refractivity contribution in [3.05, 3.63) is 130 Å². The summed E-state index contributed by atoms with van der Waals surface area (Å²) < 4.78 is 38.5. The SMILES string of the molecule is COc1ccc(/C=C2/C(Cc3ccc(Oc4ccc(F)cc4)cc3)=C(CC(=O)O)c3cc(F)ccc32)cc1. The fourth-order valence-electron chi connectivity index (χ4n) is 4.59. The van der Waals surface area contributed by atoms with E-state index in [1.165, 1.54) is 24.3 Å². The lowest BCUT2D eigenvalue weighted by atomic mass is 9.94. The molecule has 0 aliphatic heterocycles. The van der Waals surface area contributed by atoms with E-state index in [2.05, 4.69) is 0 Å². The number of carbonyl (C=O) groups is 1. The zero-order valence-electron chi connectivity index (χ0n) is 20.6. The number of carboxylic acid groups (broad SMARTS) is 1. The normalized spacial score (nSPS) is 13.5. The maximum absolute atomic E-state index is 14.3. The molecule has 5 rings (SSSR count). The van der Waals surface area contributed by atoms with Crippen molar-refractivity contribution in [2.75, 3.05) is 7.11 Å². The lowest BCUT2D eigenvalue weighted by molar-refractivity contribution is -0.135. The number of allylic oxidation sites excluding steroid dienone is 2. The number of carboxylic acids is 1. The molecule has 0 atom stereocenters. The van der Waals surface area contributed by atoms with Gasteiger partial charge in [-0.3, -0.25) is 4.79 Å². The molecule has 4 nitrogen and oxygen atoms in total. The number of ether oxygens (including phenoxy) is 2. The van der Waals surface area contributed by atoms with Crippen molar-refractivity contribution >= 4 is 23.2 Å². The molecular weight excluding hydrogens is 486 g/mol. The van der Waals surface area contributed by atoms with Gasteiger partial charge >= 0.3 is 5.97 Å². The van der Waals surface area contributed by atoms with Crippen LogP contribution in [0.4, 0.5) is 8.78 Å². The molecule has 0 saturated heterocycles. The van der Waals surface area contributed by atoms with Gasteiger partial charge in [0.25, 0.3) is 0 Å². The molecule has 1 N–H and O–H groups in total. The molecule has 6 heteroatoms. The van der Waals surface area contributed by atoms with Crippen LogP contribution in [0, 0.1) is 11.6 Å². The summed E-state index contributed by atoms with van der Waals surface area (Å²) in [4.78, 5) is 11.8. The van der Waals surface area contributed by atoms with Crippen molar-refractivity contribution in [1.29, 1.82) is 0 Å². The van der Waals surface area contributed by atoms with E-state index in [1.54, 1.807) is 25.3 Å². The molecule has 1 aliphatic rings. The topological polar surface area (TPSA) is 55.8 Å². The van der Waals surface area contributed by atoms with Crippen molar-refractivity contribution < 1.29 is 28.2 Å². The average molecular weight is 511 g/mol. The Kier molecular flexibility index (Phi) is 7.05. The van der Waals surface area contributed by atoms with E-state index in [-0.39, 0.29) is 12.2 Å². The van der Waals surface area contributed by atoms with Crippen LogP contribution in [-0.4, -0.2) is 18.2 Å². The van der Waals surface area contributed by atoms with Crippen LogP contribution in [0.15, 0.2) is 96.6 Å². The highest BCUT2D eigenvalue weighted by Crippen LogP contribution is 2.45. The third-order valence-electron chi connectivity index (χ3n) is 6.39. The smallest absolute Gasteiger partial charge is 0.307 e. The molecule has 0 unspecified atom stereocenters. The van der Waals surface area contributed by atoms with Crippen molar-refractivity contribution in [3.8, 4) is 17.2 Å². The molecule has 4 aromatic rings. The number of fused-ring (bicyclic) bond motifs is 1. The first kappa shape index (κ1) is 25.0. The third kappa shape index (κ3) is 5.49. The standard InChI is InChI=1S/C32H24F2O4/c1-37-24-9-2-20(3-10-24)16-28-27-15-8-23(34)18-30(27)31(19-32(35)36)29(28)17-21-4-11-25(12-5-21)38-26-13-6-22(33)7-14-26/h2-16,18H,17,19H2,1H3,(H,35,36)/b28-16+. The summed E-state index contributed by atoms with van der Waals surface area (Å²) in [7, 11) is 1.60. The molecule has 0 aromatic heterocycles. The van der Waals surface area contributed by atoms with Crippen LogP contribution in [0.1, 0.15) is 28.7 Å². The number of hydrogen-bond acceptors (Lipinski definition) is 3. The van der Waals surface area contributed by atoms with Crippen LogP contribution in [-0.2, 0) is 11.2 Å². The minimum atomic E-state index is -0.985. The highest BCUT2D eigenvalue weighted by Gasteiger charge is 2.28. The van der Waals surface area contributed by atoms with Crippen LogP contribution >= 0.6 is 0 Å². The highest BCUT2D eigenvalue weighted by atomic mass is 19.1. The van der Waals surface area contributed by atoms with Crippen molar-refractivity contribution in [3.63, 3.8) is 0 Å². The molecule has 0 amide bonds. The summed E-state index contributed by atoms with van der Waals surface area (Å²) in [6, 6.07) is 25.2. The quantitative estimate of drug-likeness (QED) is 0.263. The number of halogens is 2. The van der Waals surface area contributed by atoms with Gasteiger partial charge < -0.3 is 14.6 Å². The second-order valence-corrected chi connectivity index (χ2v) is 8.93. The van der Waals surface area contributed by atoms with Gasteiger partial charge in [-0.2, -0.15) is 0 Å². The monoisotopic (exact) mass is 510 g/mol. The first-order valence-electron chi connectivity index (χ1n) is 12.0. The second-order valence-electron chi connectivity index (χ2n) is 8.93. The molecule has 190 valence electrons. The Morgan fingerprint density at radius 1 is 0.763 bits per heavy atom. The lowest BCUT2D eigenvalue weighted by Crippen LogP contribution is -1.99. The molecule has 0 spiro atoms. The van der Waals surface area contributed by atoms with E-state index in [9.17, 15) is 18.7 Å². The number of aliphatic carboxylic acids is 1. The lowest BCUT2D eigenvalue weighted by Gasteiger charge is -2.11. The van der Waals surface area contributed by atoms with Gasteiger partial charge in [0.2, 0.25) is 0 Å². The van der Waals surface area contributed by atoms with Crippen LogP contribution in [0.5, 0.6) is 17.2 Å². The third-order valence-corrected chi connectivity index (χ3v) is 6.39. The van der Waals surface area contributed by atoms with E-state index in [0.29, 0.717) is 29.1 Å². The molecule has 0 fully saturated rings. The van der Waals surface area contributed by atoms with E-state index >= 15 is 0 Å². The summed E-state index contributed by atoms with van der Waals surface area (Å²) in [5.41, 5.74) is 5.52. The fraction of sp³-hybridized carbons (Fsp3) is 0.0938. The molecule has 4 aromatic carbocycles. The van der Waals surface area contributed by atoms with Gasteiger partial charge in [0.05, 0.1) is 13.5 Å². The minimum Gasteiger partial charge on any atom is -0.497 e.